The number of nitrogens with one attached hydrogen (secondary N) is 2. The molecule has 0 saturated heterocycles. The van der Waals surface area contributed by atoms with Gasteiger partial charge in [0.1, 0.15) is 10.8 Å². The van der Waals surface area contributed by atoms with Crippen LogP contribution in [0.2, 0.25) is 5.02 Å². The zero-order valence-corrected chi connectivity index (χ0v) is 18.4. The molecule has 0 aliphatic heterocycles. The molecule has 2 heterocycles. The normalized spacial score (nSPS) is 12.7. The third-order valence-corrected chi connectivity index (χ3v) is 6.54. The predicted octanol–water partition coefficient (Wildman–Crippen LogP) is 4.62. The molecule has 1 aliphatic carbocycles. The predicted molar refractivity (Wildman–Crippen MR) is 122 cm³/mol. The number of fused-ring (bicyclic) bond motifs is 1. The summed E-state index contributed by atoms with van der Waals surface area (Å²) in [5.41, 5.74) is 2.52. The van der Waals surface area contributed by atoms with Crippen molar-refractivity contribution in [2.24, 2.45) is 0 Å². The number of carbonyl (C=O) groups is 2. The number of thiophene rings is 1. The lowest BCUT2D eigenvalue weighted by atomic mass is 9.95. The van der Waals surface area contributed by atoms with Crippen LogP contribution < -0.4 is 15.4 Å². The molecule has 0 saturated carbocycles. The maximum Gasteiger partial charge on any atom is 0.262 e. The molecular weight excluding hydrogens is 434 g/mol. The SMILES string of the molecule is O=C(COc1ccccc1Cl)Nc1sc2c(c1C(=O)NCc1cccnc1)CCCC2. The lowest BCUT2D eigenvalue weighted by Gasteiger charge is -2.13. The Hall–Kier alpha value is -2.90. The topological polar surface area (TPSA) is 80.3 Å². The number of rotatable bonds is 7. The van der Waals surface area contributed by atoms with Gasteiger partial charge in [-0.05, 0) is 55.0 Å². The fraction of sp³-hybridized carbons (Fsp3) is 0.261. The lowest BCUT2D eigenvalue weighted by molar-refractivity contribution is -0.118. The number of nitrogens with zero attached hydrogens (tertiary/aromatic N) is 1. The number of aromatic nitrogens is 1. The minimum atomic E-state index is -0.333. The number of hydrogen-bond donors (Lipinski definition) is 2. The van der Waals surface area contributed by atoms with Crippen LogP contribution in [0.3, 0.4) is 0 Å². The fourth-order valence-electron chi connectivity index (χ4n) is 3.54. The molecule has 0 atom stereocenters. The summed E-state index contributed by atoms with van der Waals surface area (Å²) in [6.07, 6.45) is 7.31. The van der Waals surface area contributed by atoms with Gasteiger partial charge in [-0.15, -0.1) is 11.3 Å². The van der Waals surface area contributed by atoms with Gasteiger partial charge in [0, 0.05) is 23.8 Å². The number of anilines is 1. The largest absolute Gasteiger partial charge is 0.482 e. The summed E-state index contributed by atoms with van der Waals surface area (Å²) < 4.78 is 5.53. The molecule has 6 nitrogen and oxygen atoms in total. The molecule has 1 aliphatic rings. The molecule has 2 aromatic heterocycles. The van der Waals surface area contributed by atoms with Gasteiger partial charge in [0.05, 0.1) is 10.6 Å². The van der Waals surface area contributed by atoms with E-state index in [1.807, 2.05) is 12.1 Å². The van der Waals surface area contributed by atoms with E-state index in [9.17, 15) is 9.59 Å². The molecule has 2 N–H and O–H groups in total. The van der Waals surface area contributed by atoms with Crippen LogP contribution in [0.25, 0.3) is 0 Å². The first kappa shape index (κ1) is 21.3. The van der Waals surface area contributed by atoms with Gasteiger partial charge >= 0.3 is 0 Å². The smallest absolute Gasteiger partial charge is 0.262 e. The molecule has 1 aromatic carbocycles. The van der Waals surface area contributed by atoms with E-state index < -0.39 is 0 Å². The summed E-state index contributed by atoms with van der Waals surface area (Å²) in [4.78, 5) is 30.8. The van der Waals surface area contributed by atoms with Gasteiger partial charge in [-0.2, -0.15) is 0 Å². The van der Waals surface area contributed by atoms with Crippen molar-refractivity contribution in [3.63, 3.8) is 0 Å². The number of carbonyl (C=O) groups excluding carboxylic acids is 2. The summed E-state index contributed by atoms with van der Waals surface area (Å²) in [6.45, 7) is 0.184. The van der Waals surface area contributed by atoms with E-state index in [4.69, 9.17) is 16.3 Å². The van der Waals surface area contributed by atoms with E-state index in [0.717, 1.165) is 36.8 Å². The van der Waals surface area contributed by atoms with Gasteiger partial charge in [-0.1, -0.05) is 29.8 Å². The first-order valence-corrected chi connectivity index (χ1v) is 11.3. The second-order valence-corrected chi connectivity index (χ2v) is 8.74. The third-order valence-electron chi connectivity index (χ3n) is 5.02. The van der Waals surface area contributed by atoms with Gasteiger partial charge in [0.2, 0.25) is 0 Å². The van der Waals surface area contributed by atoms with Crippen molar-refractivity contribution >= 4 is 39.8 Å². The second-order valence-electron chi connectivity index (χ2n) is 7.23. The Morgan fingerprint density at radius 2 is 1.97 bits per heavy atom. The summed E-state index contributed by atoms with van der Waals surface area (Å²) in [5.74, 6) is -0.0790. The van der Waals surface area contributed by atoms with Crippen LogP contribution in [-0.4, -0.2) is 23.4 Å². The van der Waals surface area contributed by atoms with Crippen LogP contribution in [0.4, 0.5) is 5.00 Å². The number of pyridine rings is 1. The summed E-state index contributed by atoms with van der Waals surface area (Å²) in [5, 5.41) is 6.85. The highest BCUT2D eigenvalue weighted by Crippen LogP contribution is 2.38. The van der Waals surface area contributed by atoms with Crippen LogP contribution in [0, 0.1) is 0 Å². The Balaban J connectivity index is 1.47. The van der Waals surface area contributed by atoms with Gasteiger partial charge < -0.3 is 15.4 Å². The highest BCUT2D eigenvalue weighted by Gasteiger charge is 2.26. The number of halogens is 1. The summed E-state index contributed by atoms with van der Waals surface area (Å²) in [6, 6.07) is 10.7. The zero-order valence-electron chi connectivity index (χ0n) is 16.8. The average Bonchev–Trinajstić information content (AvgIpc) is 3.15. The van der Waals surface area contributed by atoms with Gasteiger partial charge in [0.15, 0.2) is 6.61 Å². The van der Waals surface area contributed by atoms with Crippen molar-refractivity contribution in [1.82, 2.24) is 10.3 Å². The van der Waals surface area contributed by atoms with Crippen molar-refractivity contribution in [2.75, 3.05) is 11.9 Å². The maximum atomic E-state index is 13.1. The van der Waals surface area contributed by atoms with E-state index in [1.54, 1.807) is 36.7 Å². The molecule has 0 spiro atoms. The minimum absolute atomic E-state index is 0.189. The molecule has 0 bridgehead atoms. The van der Waals surface area contributed by atoms with E-state index in [-0.39, 0.29) is 18.4 Å². The molecule has 160 valence electrons. The second kappa shape index (κ2) is 9.94. The molecule has 0 radical (unpaired) electrons. The Morgan fingerprint density at radius 3 is 2.77 bits per heavy atom. The van der Waals surface area contributed by atoms with Crippen LogP contribution in [0.5, 0.6) is 5.75 Å². The fourth-order valence-corrected chi connectivity index (χ4v) is 5.03. The van der Waals surface area contributed by atoms with Crippen LogP contribution in [0.1, 0.15) is 39.2 Å². The average molecular weight is 456 g/mol. The van der Waals surface area contributed by atoms with Crippen molar-refractivity contribution in [3.05, 3.63) is 75.4 Å². The van der Waals surface area contributed by atoms with E-state index in [2.05, 4.69) is 15.6 Å². The summed E-state index contributed by atoms with van der Waals surface area (Å²) >= 11 is 7.55. The van der Waals surface area contributed by atoms with E-state index >= 15 is 0 Å². The Labute approximate surface area is 189 Å². The minimum Gasteiger partial charge on any atom is -0.482 e. The number of para-hydroxylation sites is 1. The Kier molecular flexibility index (Phi) is 6.84. The molecule has 0 unspecified atom stereocenters. The number of benzene rings is 1. The Bertz CT molecular complexity index is 1080. The van der Waals surface area contributed by atoms with Crippen LogP contribution in [-0.2, 0) is 24.2 Å². The molecule has 0 fully saturated rings. The summed E-state index contributed by atoms with van der Waals surface area (Å²) in [7, 11) is 0. The first-order valence-electron chi connectivity index (χ1n) is 10.1. The van der Waals surface area contributed by atoms with Gasteiger partial charge in [0.25, 0.3) is 11.8 Å². The monoisotopic (exact) mass is 455 g/mol. The first-order chi connectivity index (χ1) is 15.1. The molecule has 4 rings (SSSR count). The number of ether oxygens (including phenoxy) is 1. The molecule has 3 aromatic rings. The standard InChI is InChI=1S/C23H22ClN3O3S/c24-17-8-2-3-9-18(17)30-14-20(28)27-23-21(16-7-1-4-10-19(16)31-23)22(29)26-13-15-6-5-11-25-12-15/h2-3,5-6,8-9,11-12H,1,4,7,10,13-14H2,(H,26,29)(H,27,28). The number of hydrogen-bond acceptors (Lipinski definition) is 5. The number of aryl methyl sites for hydroxylation is 1. The van der Waals surface area contributed by atoms with E-state index in [0.29, 0.717) is 27.9 Å². The molecule has 2 amide bonds. The molecular formula is C23H22ClN3O3S. The number of amides is 2. The van der Waals surface area contributed by atoms with Crippen molar-refractivity contribution in [3.8, 4) is 5.75 Å². The lowest BCUT2D eigenvalue weighted by Crippen LogP contribution is -2.26. The van der Waals surface area contributed by atoms with Gasteiger partial charge in [-0.3, -0.25) is 14.6 Å². The highest BCUT2D eigenvalue weighted by atomic mass is 35.5. The highest BCUT2D eigenvalue weighted by molar-refractivity contribution is 7.17. The Morgan fingerprint density at radius 1 is 1.13 bits per heavy atom. The van der Waals surface area contributed by atoms with Crippen LogP contribution >= 0.6 is 22.9 Å². The zero-order chi connectivity index (χ0) is 21.6. The van der Waals surface area contributed by atoms with E-state index in [1.165, 1.54) is 16.2 Å². The van der Waals surface area contributed by atoms with Crippen LogP contribution in [0.15, 0.2) is 48.8 Å². The molecule has 8 heteroatoms. The van der Waals surface area contributed by atoms with Crippen molar-refractivity contribution < 1.29 is 14.3 Å². The van der Waals surface area contributed by atoms with Gasteiger partial charge in [-0.25, -0.2) is 0 Å². The van der Waals surface area contributed by atoms with Crippen molar-refractivity contribution in [1.29, 1.82) is 0 Å². The quantitative estimate of drug-likeness (QED) is 0.544. The molecule has 31 heavy (non-hydrogen) atoms. The third kappa shape index (κ3) is 5.24. The van der Waals surface area contributed by atoms with Crippen molar-refractivity contribution in [2.45, 2.75) is 32.2 Å². The maximum absolute atomic E-state index is 13.1.